The monoisotopic (exact) mass is 610 g/mol. The highest BCUT2D eigenvalue weighted by molar-refractivity contribution is 5.92. The zero-order valence-corrected chi connectivity index (χ0v) is 26.4. The average molecular weight is 611 g/mol. The standard InChI is InChI=1S/C29H38N4O7.C4H8/c1-29(2,3)40-28(38)33-22(15-19-11-7-10-18-9-5-6-13-21(18)19)26(36)31-17-24(34)32-23(27(37)39-4)16-20-12-8-14-30-25(20)35;1-4-2-3-4/h5-7,9-11,13,20,22-23H,8,12,14-17H2,1-4H3,(H,30,35)(H,31,36)(H,32,34)(H,33,38);4H,2-3H2,1H3. The van der Waals surface area contributed by atoms with Gasteiger partial charge in [0.15, 0.2) is 0 Å². The number of hydrogen-bond donors (Lipinski definition) is 4. The number of piperidine rings is 1. The quantitative estimate of drug-likeness (QED) is 0.301. The summed E-state index contributed by atoms with van der Waals surface area (Å²) in [7, 11) is 1.20. The largest absolute Gasteiger partial charge is 0.467 e. The molecule has 0 spiro atoms. The topological polar surface area (TPSA) is 152 Å². The molecule has 240 valence electrons. The molecule has 1 saturated heterocycles. The van der Waals surface area contributed by atoms with E-state index in [9.17, 15) is 24.0 Å². The summed E-state index contributed by atoms with van der Waals surface area (Å²) in [6.45, 7) is 7.54. The molecule has 2 aliphatic rings. The molecule has 2 fully saturated rings. The highest BCUT2D eigenvalue weighted by atomic mass is 16.6. The molecule has 4 amide bonds. The first-order chi connectivity index (χ1) is 20.9. The molecule has 1 aliphatic heterocycles. The maximum absolute atomic E-state index is 13.2. The van der Waals surface area contributed by atoms with Crippen molar-refractivity contribution >= 4 is 40.6 Å². The number of ether oxygens (including phenoxy) is 2. The molecule has 4 N–H and O–H groups in total. The molecule has 1 saturated carbocycles. The molecule has 3 unspecified atom stereocenters. The first kappa shape index (κ1) is 34.3. The van der Waals surface area contributed by atoms with Gasteiger partial charge in [0.25, 0.3) is 0 Å². The van der Waals surface area contributed by atoms with Crippen LogP contribution in [-0.4, -0.2) is 67.7 Å². The van der Waals surface area contributed by atoms with Crippen molar-refractivity contribution in [1.29, 1.82) is 0 Å². The second-order valence-corrected chi connectivity index (χ2v) is 12.5. The number of benzene rings is 2. The van der Waals surface area contributed by atoms with E-state index < -0.39 is 54.0 Å². The molecule has 2 aromatic carbocycles. The van der Waals surface area contributed by atoms with Crippen LogP contribution < -0.4 is 21.3 Å². The molecule has 4 rings (SSSR count). The third kappa shape index (κ3) is 11.5. The SMILES string of the molecule is CC1CC1.COC(=O)C(CC1CCCNC1=O)NC(=O)CNC(=O)C(Cc1cccc2ccccc12)NC(=O)OC(C)(C)C. The number of fused-ring (bicyclic) bond motifs is 1. The van der Waals surface area contributed by atoms with E-state index in [2.05, 4.69) is 28.2 Å². The molecular formula is C33H46N4O7. The Hall–Kier alpha value is -4.15. The van der Waals surface area contributed by atoms with Crippen LogP contribution in [0, 0.1) is 11.8 Å². The van der Waals surface area contributed by atoms with E-state index in [0.717, 1.165) is 28.7 Å². The number of alkyl carbamates (subject to hydrolysis) is 1. The van der Waals surface area contributed by atoms with Gasteiger partial charge in [0.2, 0.25) is 17.7 Å². The van der Waals surface area contributed by atoms with Gasteiger partial charge in [0, 0.05) is 18.9 Å². The van der Waals surface area contributed by atoms with Gasteiger partial charge < -0.3 is 30.7 Å². The van der Waals surface area contributed by atoms with Crippen LogP contribution >= 0.6 is 0 Å². The molecule has 44 heavy (non-hydrogen) atoms. The van der Waals surface area contributed by atoms with Crippen molar-refractivity contribution in [3.8, 4) is 0 Å². The number of hydrogen-bond acceptors (Lipinski definition) is 7. The Morgan fingerprint density at radius 2 is 1.66 bits per heavy atom. The minimum Gasteiger partial charge on any atom is -0.467 e. The third-order valence-corrected chi connectivity index (χ3v) is 7.34. The summed E-state index contributed by atoms with van der Waals surface area (Å²) < 4.78 is 10.2. The normalized spacial score (nSPS) is 17.6. The second-order valence-electron chi connectivity index (χ2n) is 12.5. The summed E-state index contributed by atoms with van der Waals surface area (Å²) in [4.78, 5) is 62.9. The molecule has 1 heterocycles. The third-order valence-electron chi connectivity index (χ3n) is 7.34. The number of carbonyl (C=O) groups excluding carboxylic acids is 5. The zero-order chi connectivity index (χ0) is 32.3. The molecule has 0 aromatic heterocycles. The Bertz CT molecular complexity index is 1310. The lowest BCUT2D eigenvalue weighted by atomic mass is 9.91. The molecule has 11 nitrogen and oxygen atoms in total. The molecule has 11 heteroatoms. The van der Waals surface area contributed by atoms with E-state index in [1.807, 2.05) is 42.5 Å². The van der Waals surface area contributed by atoms with Crippen LogP contribution in [0.2, 0.25) is 0 Å². The Labute approximate surface area is 259 Å². The van der Waals surface area contributed by atoms with E-state index in [1.165, 1.54) is 20.0 Å². The lowest BCUT2D eigenvalue weighted by Crippen LogP contribution is -2.52. The Morgan fingerprint density at radius 1 is 0.977 bits per heavy atom. The summed E-state index contributed by atoms with van der Waals surface area (Å²) >= 11 is 0. The minimum atomic E-state index is -1.05. The van der Waals surface area contributed by atoms with E-state index in [4.69, 9.17) is 9.47 Å². The van der Waals surface area contributed by atoms with Crippen LogP contribution in [0.1, 0.15) is 65.4 Å². The van der Waals surface area contributed by atoms with E-state index >= 15 is 0 Å². The van der Waals surface area contributed by atoms with Crippen molar-refractivity contribution in [2.24, 2.45) is 11.8 Å². The molecule has 0 radical (unpaired) electrons. The minimum absolute atomic E-state index is 0.0854. The van der Waals surface area contributed by atoms with Gasteiger partial charge in [-0.2, -0.15) is 0 Å². The van der Waals surface area contributed by atoms with Crippen LogP contribution in [-0.2, 0) is 35.1 Å². The summed E-state index contributed by atoms with van der Waals surface area (Å²) in [5.41, 5.74) is 0.0537. The summed E-state index contributed by atoms with van der Waals surface area (Å²) in [5.74, 6) is -1.45. The van der Waals surface area contributed by atoms with Crippen molar-refractivity contribution in [2.75, 3.05) is 20.2 Å². The van der Waals surface area contributed by atoms with Gasteiger partial charge in [-0.1, -0.05) is 62.2 Å². The highest BCUT2D eigenvalue weighted by Gasteiger charge is 2.31. The van der Waals surface area contributed by atoms with Crippen LogP contribution in [0.5, 0.6) is 0 Å². The summed E-state index contributed by atoms with van der Waals surface area (Å²) in [5, 5.41) is 12.4. The van der Waals surface area contributed by atoms with Gasteiger partial charge in [-0.05, 0) is 62.3 Å². The van der Waals surface area contributed by atoms with Crippen LogP contribution in [0.15, 0.2) is 42.5 Å². The van der Waals surface area contributed by atoms with Gasteiger partial charge in [0.1, 0.15) is 17.7 Å². The van der Waals surface area contributed by atoms with E-state index in [0.29, 0.717) is 13.0 Å². The lowest BCUT2D eigenvalue weighted by molar-refractivity contribution is -0.146. The van der Waals surface area contributed by atoms with Gasteiger partial charge in [0.05, 0.1) is 13.7 Å². The number of rotatable bonds is 10. The molecule has 2 aromatic rings. The first-order valence-corrected chi connectivity index (χ1v) is 15.2. The second kappa shape index (κ2) is 16.1. The lowest BCUT2D eigenvalue weighted by Gasteiger charge is -2.26. The smallest absolute Gasteiger partial charge is 0.408 e. The van der Waals surface area contributed by atoms with Crippen LogP contribution in [0.25, 0.3) is 10.8 Å². The van der Waals surface area contributed by atoms with Crippen molar-refractivity contribution in [3.05, 3.63) is 48.0 Å². The van der Waals surface area contributed by atoms with Gasteiger partial charge in [-0.15, -0.1) is 0 Å². The van der Waals surface area contributed by atoms with E-state index in [-0.39, 0.29) is 18.7 Å². The van der Waals surface area contributed by atoms with Crippen molar-refractivity contribution < 1.29 is 33.4 Å². The maximum Gasteiger partial charge on any atom is 0.408 e. The zero-order valence-electron chi connectivity index (χ0n) is 26.4. The van der Waals surface area contributed by atoms with E-state index in [1.54, 1.807) is 20.8 Å². The number of methoxy groups -OCH3 is 1. The Morgan fingerprint density at radius 3 is 2.30 bits per heavy atom. The van der Waals surface area contributed by atoms with Crippen molar-refractivity contribution in [3.63, 3.8) is 0 Å². The van der Waals surface area contributed by atoms with Crippen molar-refractivity contribution in [1.82, 2.24) is 21.3 Å². The highest BCUT2D eigenvalue weighted by Crippen LogP contribution is 2.26. The summed E-state index contributed by atoms with van der Waals surface area (Å²) in [6, 6.07) is 11.3. The number of esters is 1. The van der Waals surface area contributed by atoms with Gasteiger partial charge >= 0.3 is 12.1 Å². The molecular weight excluding hydrogens is 564 g/mol. The fraction of sp³-hybridized carbons (Fsp3) is 0.545. The predicted octanol–water partition coefficient (Wildman–Crippen LogP) is 3.38. The number of amides is 4. The maximum atomic E-state index is 13.2. The summed E-state index contributed by atoms with van der Waals surface area (Å²) in [6.07, 6.45) is 3.81. The fourth-order valence-electron chi connectivity index (χ4n) is 4.75. The van der Waals surface area contributed by atoms with Gasteiger partial charge in [-0.3, -0.25) is 14.4 Å². The molecule has 3 atom stereocenters. The number of nitrogens with one attached hydrogen (secondary N) is 4. The van der Waals surface area contributed by atoms with Crippen molar-refractivity contribution in [2.45, 2.75) is 83.9 Å². The first-order valence-electron chi connectivity index (χ1n) is 15.2. The average Bonchev–Trinajstić information content (AvgIpc) is 3.77. The van der Waals surface area contributed by atoms with Gasteiger partial charge in [-0.25, -0.2) is 9.59 Å². The molecule has 0 bridgehead atoms. The van der Waals surface area contributed by atoms with Crippen LogP contribution in [0.3, 0.4) is 0 Å². The molecule has 1 aliphatic carbocycles. The Balaban J connectivity index is 0.00000122. The fourth-order valence-corrected chi connectivity index (χ4v) is 4.75. The number of carbonyl (C=O) groups is 5. The Kier molecular flexibility index (Phi) is 12.5. The van der Waals surface area contributed by atoms with Crippen LogP contribution in [0.4, 0.5) is 4.79 Å². The predicted molar refractivity (Wildman–Crippen MR) is 167 cm³/mol.